The van der Waals surface area contributed by atoms with Crippen molar-refractivity contribution in [1.29, 1.82) is 0 Å². The smallest absolute Gasteiger partial charge is 0.0548 e. The van der Waals surface area contributed by atoms with E-state index >= 15 is 0 Å². The fourth-order valence-electron chi connectivity index (χ4n) is 8.55. The van der Waals surface area contributed by atoms with Crippen LogP contribution in [0.4, 0.5) is 5.69 Å². The van der Waals surface area contributed by atoms with E-state index in [-0.39, 0.29) is 0 Å². The molecule has 3 aromatic rings. The van der Waals surface area contributed by atoms with Crippen molar-refractivity contribution >= 4 is 16.6 Å². The number of aryl methyl sites for hydroxylation is 1. The summed E-state index contributed by atoms with van der Waals surface area (Å²) < 4.78 is 2.71. The SMILES string of the molecule is Cc1ccc2c(C3CCCCC3)c3n(c2c1)CCN(CCC1CCN(C2CCCC2)CC1)c1ccccc1-3. The fourth-order valence-corrected chi connectivity index (χ4v) is 8.55. The Balaban J connectivity index is 1.16. The third-order valence-electron chi connectivity index (χ3n) is 10.7. The van der Waals surface area contributed by atoms with Crippen molar-refractivity contribution in [3.8, 4) is 11.3 Å². The third kappa shape index (κ3) is 4.59. The molecule has 0 radical (unpaired) electrons. The molecule has 2 aliphatic carbocycles. The summed E-state index contributed by atoms with van der Waals surface area (Å²) in [5.41, 5.74) is 9.01. The standard InChI is InChI=1S/C35H47N3/c1-26-15-16-30-33(25-26)38-24-23-37(22-19-27-17-20-36(21-18-27)29-11-5-6-12-29)32-14-8-7-13-31(32)35(38)34(30)28-9-3-2-4-10-28/h7-8,13-16,25,27-29H,2-6,9-12,17-24H2,1H3. The van der Waals surface area contributed by atoms with Gasteiger partial charge in [0.05, 0.1) is 5.69 Å². The molecule has 0 spiro atoms. The van der Waals surface area contributed by atoms with Gasteiger partial charge in [0.15, 0.2) is 0 Å². The van der Waals surface area contributed by atoms with Gasteiger partial charge in [-0.3, -0.25) is 0 Å². The zero-order chi connectivity index (χ0) is 25.5. The Hall–Kier alpha value is -2.26. The lowest BCUT2D eigenvalue weighted by Crippen LogP contribution is -2.40. The predicted octanol–water partition coefficient (Wildman–Crippen LogP) is 8.53. The molecule has 2 aliphatic heterocycles. The van der Waals surface area contributed by atoms with Crippen molar-refractivity contribution in [3.05, 3.63) is 53.6 Å². The summed E-state index contributed by atoms with van der Waals surface area (Å²) in [5, 5.41) is 1.52. The largest absolute Gasteiger partial charge is 0.369 e. The van der Waals surface area contributed by atoms with E-state index in [9.17, 15) is 0 Å². The number of piperidine rings is 1. The normalized spacial score (nSPS) is 22.1. The molecule has 0 bridgehead atoms. The van der Waals surface area contributed by atoms with Crippen LogP contribution in [0.1, 0.15) is 94.1 Å². The minimum atomic E-state index is 0.704. The highest BCUT2D eigenvalue weighted by atomic mass is 15.2. The Bertz CT molecular complexity index is 1250. The topological polar surface area (TPSA) is 11.4 Å². The number of likely N-dealkylation sites (tertiary alicyclic amines) is 1. The van der Waals surface area contributed by atoms with Crippen molar-refractivity contribution in [3.63, 3.8) is 0 Å². The molecule has 0 amide bonds. The van der Waals surface area contributed by atoms with Crippen molar-refractivity contribution in [2.45, 2.75) is 102 Å². The van der Waals surface area contributed by atoms with Crippen molar-refractivity contribution in [2.75, 3.05) is 31.1 Å². The second kappa shape index (κ2) is 10.7. The summed E-state index contributed by atoms with van der Waals surface area (Å²) in [6.07, 6.45) is 16.9. The van der Waals surface area contributed by atoms with E-state index in [0.29, 0.717) is 5.92 Å². The number of aromatic nitrogens is 1. The first-order chi connectivity index (χ1) is 18.8. The Labute approximate surface area is 230 Å². The van der Waals surface area contributed by atoms with Gasteiger partial charge in [0.25, 0.3) is 0 Å². The van der Waals surface area contributed by atoms with Crippen LogP contribution in [0.25, 0.3) is 22.2 Å². The zero-order valence-corrected chi connectivity index (χ0v) is 23.6. The third-order valence-corrected chi connectivity index (χ3v) is 10.7. The van der Waals surface area contributed by atoms with Gasteiger partial charge < -0.3 is 14.4 Å². The van der Waals surface area contributed by atoms with Crippen LogP contribution >= 0.6 is 0 Å². The Morgan fingerprint density at radius 3 is 2.34 bits per heavy atom. The maximum atomic E-state index is 2.83. The van der Waals surface area contributed by atoms with Gasteiger partial charge in [0.2, 0.25) is 0 Å². The summed E-state index contributed by atoms with van der Waals surface area (Å²) in [6.45, 7) is 8.35. The maximum Gasteiger partial charge on any atom is 0.0548 e. The highest BCUT2D eigenvalue weighted by Gasteiger charge is 2.31. The molecule has 7 rings (SSSR count). The van der Waals surface area contributed by atoms with E-state index in [1.807, 2.05) is 0 Å². The van der Waals surface area contributed by atoms with E-state index in [4.69, 9.17) is 0 Å². The maximum absolute atomic E-state index is 2.83. The second-order valence-corrected chi connectivity index (χ2v) is 13.0. The average Bonchev–Trinajstić information content (AvgIpc) is 3.57. The molecule has 2 saturated carbocycles. The van der Waals surface area contributed by atoms with Gasteiger partial charge in [-0.05, 0) is 100 Å². The van der Waals surface area contributed by atoms with E-state index in [1.54, 1.807) is 11.3 Å². The monoisotopic (exact) mass is 509 g/mol. The molecule has 3 heterocycles. The van der Waals surface area contributed by atoms with Gasteiger partial charge in [-0.15, -0.1) is 0 Å². The summed E-state index contributed by atoms with van der Waals surface area (Å²) in [5.74, 6) is 1.60. The summed E-state index contributed by atoms with van der Waals surface area (Å²) in [4.78, 5) is 5.58. The number of hydrogen-bond acceptors (Lipinski definition) is 2. The first-order valence-corrected chi connectivity index (χ1v) is 16.0. The number of anilines is 1. The number of nitrogens with zero attached hydrogens (tertiary/aromatic N) is 3. The molecule has 38 heavy (non-hydrogen) atoms. The van der Waals surface area contributed by atoms with Crippen molar-refractivity contribution in [2.24, 2.45) is 5.92 Å². The number of rotatable bonds is 5. The minimum absolute atomic E-state index is 0.704. The van der Waals surface area contributed by atoms with E-state index in [2.05, 4.69) is 63.8 Å². The van der Waals surface area contributed by atoms with Crippen LogP contribution in [-0.2, 0) is 6.54 Å². The number of hydrogen-bond donors (Lipinski definition) is 0. The van der Waals surface area contributed by atoms with Crippen LogP contribution in [0.15, 0.2) is 42.5 Å². The number of benzene rings is 2. The molecule has 4 aliphatic rings. The molecule has 2 aromatic carbocycles. The molecular formula is C35H47N3. The summed E-state index contributed by atoms with van der Waals surface area (Å²) >= 11 is 0. The van der Waals surface area contributed by atoms with Gasteiger partial charge in [0.1, 0.15) is 0 Å². The first kappa shape index (κ1) is 24.8. The molecule has 3 fully saturated rings. The molecule has 0 unspecified atom stereocenters. The predicted molar refractivity (Wildman–Crippen MR) is 161 cm³/mol. The van der Waals surface area contributed by atoms with Crippen molar-refractivity contribution < 1.29 is 0 Å². The fraction of sp³-hybridized carbons (Fsp3) is 0.600. The van der Waals surface area contributed by atoms with Gasteiger partial charge in [-0.25, -0.2) is 0 Å². The van der Waals surface area contributed by atoms with Crippen LogP contribution in [0.5, 0.6) is 0 Å². The lowest BCUT2D eigenvalue weighted by Gasteiger charge is -2.37. The Kier molecular flexibility index (Phi) is 6.98. The first-order valence-electron chi connectivity index (χ1n) is 16.0. The lowest BCUT2D eigenvalue weighted by atomic mass is 9.81. The highest BCUT2D eigenvalue weighted by Crippen LogP contribution is 2.47. The van der Waals surface area contributed by atoms with Gasteiger partial charge in [0, 0.05) is 47.8 Å². The highest BCUT2D eigenvalue weighted by molar-refractivity contribution is 5.96. The van der Waals surface area contributed by atoms with Crippen LogP contribution in [0, 0.1) is 12.8 Å². The summed E-state index contributed by atoms with van der Waals surface area (Å²) in [6, 6.07) is 17.5. The molecule has 3 heteroatoms. The van der Waals surface area contributed by atoms with Crippen LogP contribution in [0.3, 0.4) is 0 Å². The van der Waals surface area contributed by atoms with Crippen LogP contribution < -0.4 is 4.90 Å². The number of para-hydroxylation sites is 1. The quantitative estimate of drug-likeness (QED) is 0.341. The van der Waals surface area contributed by atoms with Crippen LogP contribution in [0.2, 0.25) is 0 Å². The minimum Gasteiger partial charge on any atom is -0.369 e. The van der Waals surface area contributed by atoms with Crippen molar-refractivity contribution in [1.82, 2.24) is 9.47 Å². The molecule has 0 atom stereocenters. The van der Waals surface area contributed by atoms with Gasteiger partial charge in [-0.1, -0.05) is 62.4 Å². The molecule has 0 N–H and O–H groups in total. The Morgan fingerprint density at radius 2 is 1.53 bits per heavy atom. The summed E-state index contributed by atoms with van der Waals surface area (Å²) in [7, 11) is 0. The average molecular weight is 510 g/mol. The molecule has 202 valence electrons. The molecular weight excluding hydrogens is 462 g/mol. The van der Waals surface area contributed by atoms with Crippen LogP contribution in [-0.4, -0.2) is 41.7 Å². The molecule has 1 aromatic heterocycles. The lowest BCUT2D eigenvalue weighted by molar-refractivity contribution is 0.131. The molecule has 3 nitrogen and oxygen atoms in total. The van der Waals surface area contributed by atoms with Gasteiger partial charge in [-0.2, -0.15) is 0 Å². The Morgan fingerprint density at radius 1 is 0.763 bits per heavy atom. The molecule has 1 saturated heterocycles. The van der Waals surface area contributed by atoms with E-state index in [1.165, 1.54) is 124 Å². The van der Waals surface area contributed by atoms with E-state index in [0.717, 1.165) is 25.0 Å². The van der Waals surface area contributed by atoms with Gasteiger partial charge >= 0.3 is 0 Å². The second-order valence-electron chi connectivity index (χ2n) is 13.0. The zero-order valence-electron chi connectivity index (χ0n) is 23.6. The number of fused-ring (bicyclic) bond motifs is 5. The van der Waals surface area contributed by atoms with E-state index < -0.39 is 0 Å².